The van der Waals surface area contributed by atoms with Crippen molar-refractivity contribution in [2.45, 2.75) is 30.6 Å². The lowest BCUT2D eigenvalue weighted by Gasteiger charge is -2.16. The summed E-state index contributed by atoms with van der Waals surface area (Å²) in [6, 6.07) is 9.73. The minimum Gasteiger partial charge on any atom is -0.477 e. The Morgan fingerprint density at radius 1 is 1.38 bits per heavy atom. The van der Waals surface area contributed by atoms with E-state index in [0.717, 1.165) is 29.4 Å². The summed E-state index contributed by atoms with van der Waals surface area (Å²) in [4.78, 5) is 15.4. The van der Waals surface area contributed by atoms with Crippen LogP contribution < -0.4 is 5.32 Å². The molecule has 1 saturated carbocycles. The number of hydrogen-bond acceptors (Lipinski definition) is 4. The normalized spacial score (nSPS) is 21.6. The van der Waals surface area contributed by atoms with Crippen molar-refractivity contribution in [3.05, 3.63) is 36.0 Å². The number of aromatic carboxylic acids is 1. The molecule has 1 aliphatic rings. The predicted octanol–water partition coefficient (Wildman–Crippen LogP) is 3.63. The number of carboxylic acids is 1. The van der Waals surface area contributed by atoms with Crippen LogP contribution in [-0.4, -0.2) is 33.6 Å². The third-order valence-electron chi connectivity index (χ3n) is 4.01. The van der Waals surface area contributed by atoms with E-state index >= 15 is 0 Å². The van der Waals surface area contributed by atoms with Crippen LogP contribution in [0.25, 0.3) is 10.9 Å². The van der Waals surface area contributed by atoms with Crippen molar-refractivity contribution in [2.75, 3.05) is 11.6 Å². The monoisotopic (exact) mass is 302 g/mol. The zero-order valence-corrected chi connectivity index (χ0v) is 12.7. The number of hydrogen-bond donors (Lipinski definition) is 2. The Kier molecular flexibility index (Phi) is 4.01. The Labute approximate surface area is 128 Å². The first-order chi connectivity index (χ1) is 10.2. The lowest BCUT2D eigenvalue weighted by atomic mass is 10.1. The Morgan fingerprint density at radius 2 is 2.19 bits per heavy atom. The highest BCUT2D eigenvalue weighted by atomic mass is 32.2. The molecule has 1 aromatic carbocycles. The summed E-state index contributed by atoms with van der Waals surface area (Å²) in [6.07, 6.45) is 5.62. The number of rotatable bonds is 4. The summed E-state index contributed by atoms with van der Waals surface area (Å²) in [7, 11) is 0. The number of thioether (sulfide) groups is 1. The van der Waals surface area contributed by atoms with Crippen molar-refractivity contribution in [1.29, 1.82) is 0 Å². The maximum absolute atomic E-state index is 11.2. The molecule has 0 bridgehead atoms. The first kappa shape index (κ1) is 14.2. The molecule has 3 rings (SSSR count). The maximum Gasteiger partial charge on any atom is 0.354 e. The molecule has 0 amide bonds. The summed E-state index contributed by atoms with van der Waals surface area (Å²) in [5.74, 6) is -0.989. The Balaban J connectivity index is 1.94. The highest BCUT2D eigenvalue weighted by Gasteiger charge is 2.24. The van der Waals surface area contributed by atoms with Crippen molar-refractivity contribution in [1.82, 2.24) is 4.98 Å². The van der Waals surface area contributed by atoms with Gasteiger partial charge in [-0.3, -0.25) is 0 Å². The van der Waals surface area contributed by atoms with Gasteiger partial charge in [0.1, 0.15) is 0 Å². The molecule has 110 valence electrons. The van der Waals surface area contributed by atoms with Gasteiger partial charge in [0.25, 0.3) is 0 Å². The SMILES string of the molecule is CSC1CCC(Nc2cc(C(=O)O)nc3ccccc23)C1. The second-order valence-corrected chi connectivity index (χ2v) is 6.53. The van der Waals surface area contributed by atoms with Crippen molar-refractivity contribution < 1.29 is 9.90 Å². The van der Waals surface area contributed by atoms with Crippen LogP contribution in [0.15, 0.2) is 30.3 Å². The van der Waals surface area contributed by atoms with Crippen molar-refractivity contribution in [3.63, 3.8) is 0 Å². The smallest absolute Gasteiger partial charge is 0.354 e. The number of para-hydroxylation sites is 1. The van der Waals surface area contributed by atoms with Crippen LogP contribution in [0.1, 0.15) is 29.8 Å². The molecule has 0 spiro atoms. The van der Waals surface area contributed by atoms with Crippen LogP contribution in [0.3, 0.4) is 0 Å². The number of carbonyl (C=O) groups is 1. The van der Waals surface area contributed by atoms with Crippen LogP contribution in [0.5, 0.6) is 0 Å². The Hall–Kier alpha value is -1.75. The van der Waals surface area contributed by atoms with Gasteiger partial charge < -0.3 is 10.4 Å². The van der Waals surface area contributed by atoms with Gasteiger partial charge in [-0.1, -0.05) is 18.2 Å². The van der Waals surface area contributed by atoms with Gasteiger partial charge >= 0.3 is 5.97 Å². The summed E-state index contributed by atoms with van der Waals surface area (Å²) in [6.45, 7) is 0. The molecular formula is C16H18N2O2S. The van der Waals surface area contributed by atoms with Gasteiger partial charge in [0, 0.05) is 22.4 Å². The third kappa shape index (κ3) is 2.97. The number of nitrogens with one attached hydrogen (secondary N) is 1. The number of fused-ring (bicyclic) bond motifs is 1. The van der Waals surface area contributed by atoms with Crippen molar-refractivity contribution in [2.24, 2.45) is 0 Å². The van der Waals surface area contributed by atoms with Crippen LogP contribution in [0.2, 0.25) is 0 Å². The number of benzene rings is 1. The van der Waals surface area contributed by atoms with E-state index in [1.165, 1.54) is 6.42 Å². The number of anilines is 1. The zero-order valence-electron chi connectivity index (χ0n) is 11.9. The Morgan fingerprint density at radius 3 is 2.90 bits per heavy atom. The van der Waals surface area contributed by atoms with E-state index in [4.69, 9.17) is 0 Å². The first-order valence-electron chi connectivity index (χ1n) is 7.10. The minimum atomic E-state index is -0.989. The molecule has 1 heterocycles. The third-order valence-corrected chi connectivity index (χ3v) is 5.11. The molecule has 0 saturated heterocycles. The summed E-state index contributed by atoms with van der Waals surface area (Å²) >= 11 is 1.91. The Bertz CT molecular complexity index is 674. The van der Waals surface area contributed by atoms with Gasteiger partial charge in [-0.05, 0) is 37.7 Å². The van der Waals surface area contributed by atoms with Gasteiger partial charge in [-0.15, -0.1) is 0 Å². The summed E-state index contributed by atoms with van der Waals surface area (Å²) in [5, 5.41) is 14.4. The van der Waals surface area contributed by atoms with Gasteiger partial charge in [0.05, 0.1) is 5.52 Å². The van der Waals surface area contributed by atoms with E-state index in [9.17, 15) is 9.90 Å². The van der Waals surface area contributed by atoms with Crippen LogP contribution >= 0.6 is 11.8 Å². The van der Waals surface area contributed by atoms with E-state index < -0.39 is 5.97 Å². The molecule has 0 radical (unpaired) electrons. The average molecular weight is 302 g/mol. The summed E-state index contributed by atoms with van der Waals surface area (Å²) < 4.78 is 0. The highest BCUT2D eigenvalue weighted by molar-refractivity contribution is 7.99. The van der Waals surface area contributed by atoms with Crippen LogP contribution in [0, 0.1) is 0 Å². The van der Waals surface area contributed by atoms with Gasteiger partial charge in [-0.2, -0.15) is 11.8 Å². The molecule has 5 heteroatoms. The lowest BCUT2D eigenvalue weighted by molar-refractivity contribution is 0.0691. The van der Waals surface area contributed by atoms with Gasteiger partial charge in [0.2, 0.25) is 0 Å². The van der Waals surface area contributed by atoms with E-state index in [1.54, 1.807) is 6.07 Å². The molecule has 21 heavy (non-hydrogen) atoms. The molecule has 1 fully saturated rings. The fraction of sp³-hybridized carbons (Fsp3) is 0.375. The molecular weight excluding hydrogens is 284 g/mol. The fourth-order valence-corrected chi connectivity index (χ4v) is 3.71. The molecule has 2 aromatic rings. The van der Waals surface area contributed by atoms with E-state index in [1.807, 2.05) is 36.0 Å². The largest absolute Gasteiger partial charge is 0.477 e. The molecule has 0 aliphatic heterocycles. The quantitative estimate of drug-likeness (QED) is 0.903. The van der Waals surface area contributed by atoms with E-state index in [2.05, 4.69) is 16.6 Å². The van der Waals surface area contributed by atoms with Crippen LogP contribution in [0.4, 0.5) is 5.69 Å². The maximum atomic E-state index is 11.2. The minimum absolute atomic E-state index is 0.0932. The number of aromatic nitrogens is 1. The molecule has 1 aliphatic carbocycles. The second kappa shape index (κ2) is 5.93. The van der Waals surface area contributed by atoms with E-state index in [0.29, 0.717) is 11.3 Å². The van der Waals surface area contributed by atoms with Crippen molar-refractivity contribution in [3.8, 4) is 0 Å². The van der Waals surface area contributed by atoms with Crippen LogP contribution in [-0.2, 0) is 0 Å². The first-order valence-corrected chi connectivity index (χ1v) is 8.38. The standard InChI is InChI=1S/C16H18N2O2S/c1-21-11-7-6-10(8-11)17-14-9-15(16(19)20)18-13-5-3-2-4-12(13)14/h2-5,9-11H,6-8H2,1H3,(H,17,18)(H,19,20). The number of nitrogens with zero attached hydrogens (tertiary/aromatic N) is 1. The molecule has 1 aromatic heterocycles. The molecule has 2 unspecified atom stereocenters. The summed E-state index contributed by atoms with van der Waals surface area (Å²) in [5.41, 5.74) is 1.69. The highest BCUT2D eigenvalue weighted by Crippen LogP contribution is 2.32. The van der Waals surface area contributed by atoms with E-state index in [-0.39, 0.29) is 5.69 Å². The molecule has 2 N–H and O–H groups in total. The number of carboxylic acid groups (broad SMARTS) is 1. The molecule has 4 nitrogen and oxygen atoms in total. The lowest BCUT2D eigenvalue weighted by Crippen LogP contribution is -2.17. The fourth-order valence-electron chi connectivity index (χ4n) is 2.91. The second-order valence-electron chi connectivity index (χ2n) is 5.39. The van der Waals surface area contributed by atoms with Gasteiger partial charge in [0.15, 0.2) is 5.69 Å². The number of pyridine rings is 1. The van der Waals surface area contributed by atoms with Gasteiger partial charge in [-0.25, -0.2) is 9.78 Å². The predicted molar refractivity (Wildman–Crippen MR) is 87.3 cm³/mol. The zero-order chi connectivity index (χ0) is 14.8. The average Bonchev–Trinajstić information content (AvgIpc) is 2.94. The van der Waals surface area contributed by atoms with Crippen molar-refractivity contribution >= 4 is 34.3 Å². The molecule has 2 atom stereocenters. The topological polar surface area (TPSA) is 62.2 Å².